The Morgan fingerprint density at radius 1 is 0.364 bits per heavy atom. The molecule has 2 aromatic rings. The van der Waals surface area contributed by atoms with Gasteiger partial charge in [0.25, 0.3) is 0 Å². The van der Waals surface area contributed by atoms with Gasteiger partial charge in [0.2, 0.25) is 0 Å². The number of hydrogen-bond acceptors (Lipinski definition) is 2. The summed E-state index contributed by atoms with van der Waals surface area (Å²) in [6.07, 6.45) is 5.11. The zero-order valence-corrected chi connectivity index (χ0v) is 17.6. The summed E-state index contributed by atoms with van der Waals surface area (Å²) in [6, 6.07) is 0. The number of rotatable bonds is 2. The van der Waals surface area contributed by atoms with Crippen molar-refractivity contribution < 1.29 is 67.8 Å². The molecule has 2 aliphatic heterocycles. The van der Waals surface area contributed by atoms with Crippen molar-refractivity contribution in [1.82, 2.24) is 0 Å². The molecule has 188 valence electrons. The third-order valence-corrected chi connectivity index (χ3v) is 5.43. The summed E-state index contributed by atoms with van der Waals surface area (Å²) >= 11 is -1.05. The molecule has 33 heavy (non-hydrogen) atoms. The molecule has 0 atom stereocenters. The fraction of sp³-hybridized carbons (Fsp3) is 0.400. The molecule has 0 radical (unpaired) electrons. The Labute approximate surface area is 187 Å². The van der Waals surface area contributed by atoms with Gasteiger partial charge in [-0.25, -0.2) is 0 Å². The van der Waals surface area contributed by atoms with Crippen molar-refractivity contribution in [2.75, 3.05) is 26.4 Å². The van der Waals surface area contributed by atoms with Crippen molar-refractivity contribution in [2.24, 2.45) is 0 Å². The topological polar surface area (TPSA) is 18.5 Å². The molecular weight excluding hydrogens is 521 g/mol. The maximum absolute atomic E-state index is 13.4. The molecule has 2 aromatic carbocycles. The van der Waals surface area contributed by atoms with Gasteiger partial charge in [-0.15, -0.1) is 0 Å². The predicted octanol–water partition coefficient (Wildman–Crippen LogP) is 4.70. The summed E-state index contributed by atoms with van der Waals surface area (Å²) in [4.78, 5) is 0. The summed E-state index contributed by atoms with van der Waals surface area (Å²) in [6.45, 7) is 4.00. The minimum absolute atomic E-state index is 1.00. The van der Waals surface area contributed by atoms with Crippen LogP contribution in [0, 0.1) is 58.2 Å². The number of hydrogen-bond donors (Lipinski definition) is 0. The van der Waals surface area contributed by atoms with Crippen LogP contribution in [0.5, 0.6) is 0 Å². The van der Waals surface area contributed by atoms with Crippen molar-refractivity contribution in [1.29, 1.82) is 0 Å². The first kappa shape index (κ1) is 27.4. The van der Waals surface area contributed by atoms with E-state index in [0.29, 0.717) is 0 Å². The van der Waals surface area contributed by atoms with E-state index in [2.05, 4.69) is 0 Å². The molecule has 13 heteroatoms. The van der Waals surface area contributed by atoms with Crippen LogP contribution in [0.1, 0.15) is 25.7 Å². The van der Waals surface area contributed by atoms with E-state index < -0.39 is 81.7 Å². The molecule has 0 bridgehead atoms. The predicted molar refractivity (Wildman–Crippen MR) is 91.8 cm³/mol. The average molecular weight is 537 g/mol. The Morgan fingerprint density at radius 2 is 0.576 bits per heavy atom. The Hall–Kier alpha value is -1.85. The maximum atomic E-state index is 13.4. The normalized spacial score (nSPS) is 15.2. The van der Waals surface area contributed by atoms with Gasteiger partial charge in [-0.3, -0.25) is 0 Å². The Morgan fingerprint density at radius 3 is 0.758 bits per heavy atom. The van der Waals surface area contributed by atoms with Crippen LogP contribution >= 0.6 is 0 Å². The van der Waals surface area contributed by atoms with Crippen molar-refractivity contribution in [3.05, 3.63) is 58.2 Å². The first-order chi connectivity index (χ1) is 15.6. The zero-order chi connectivity index (χ0) is 24.7. The fourth-order valence-electron chi connectivity index (χ4n) is 2.37. The van der Waals surface area contributed by atoms with Gasteiger partial charge in [0, 0.05) is 26.4 Å². The molecule has 2 heterocycles. The van der Waals surface area contributed by atoms with Gasteiger partial charge in [-0.2, -0.15) is 0 Å². The first-order valence-electron chi connectivity index (χ1n) is 9.36. The molecule has 0 amide bonds. The summed E-state index contributed by atoms with van der Waals surface area (Å²) in [7, 11) is 0. The van der Waals surface area contributed by atoms with Crippen LogP contribution in [0.2, 0.25) is 0 Å². The van der Waals surface area contributed by atoms with E-state index in [4.69, 9.17) is 9.47 Å². The van der Waals surface area contributed by atoms with E-state index in [0.717, 1.165) is 26.4 Å². The van der Waals surface area contributed by atoms with Gasteiger partial charge in [-0.05, 0) is 25.7 Å². The molecule has 0 spiro atoms. The molecule has 0 saturated carbocycles. The van der Waals surface area contributed by atoms with Gasteiger partial charge in [0.15, 0.2) is 0 Å². The summed E-state index contributed by atoms with van der Waals surface area (Å²) in [5.74, 6) is -24.7. The molecule has 0 unspecified atom stereocenters. The van der Waals surface area contributed by atoms with E-state index in [1.54, 1.807) is 0 Å². The van der Waals surface area contributed by atoms with E-state index in [9.17, 15) is 43.9 Å². The second kappa shape index (κ2) is 12.6. The first-order valence-corrected chi connectivity index (χ1v) is 10.3. The molecule has 0 aromatic heterocycles. The summed E-state index contributed by atoms with van der Waals surface area (Å²) < 4.78 is 137. The standard InChI is InChI=1S/2C6F5.2C4H8O.Ni/c2*7-2-1-3(8)5(10)6(11)4(2)9;2*1-2-4-5-3-1;/h;;2*1-4H2;. The monoisotopic (exact) mass is 536 g/mol. The SMILES string of the molecule is C1CCOC1.C1CCOC1.Fc1c(F)c(F)[c]([Ni][c]2c(F)c(F)c(F)c(F)c2F)c(F)c1F. The van der Waals surface area contributed by atoms with E-state index >= 15 is 0 Å². The van der Waals surface area contributed by atoms with Crippen LogP contribution in [0.25, 0.3) is 0 Å². The summed E-state index contributed by atoms with van der Waals surface area (Å²) in [5, 5.41) is 0. The van der Waals surface area contributed by atoms with Crippen LogP contribution in [0.3, 0.4) is 0 Å². The van der Waals surface area contributed by atoms with Gasteiger partial charge in [0.1, 0.15) is 0 Å². The van der Waals surface area contributed by atoms with Crippen LogP contribution in [-0.4, -0.2) is 26.4 Å². The Balaban J connectivity index is 0.000000312. The zero-order valence-electron chi connectivity index (χ0n) is 16.6. The quantitative estimate of drug-likeness (QED) is 0.240. The van der Waals surface area contributed by atoms with Gasteiger partial charge in [-0.1, -0.05) is 0 Å². The fourth-order valence-corrected chi connectivity index (χ4v) is 3.48. The molecule has 2 aliphatic rings. The van der Waals surface area contributed by atoms with Gasteiger partial charge >= 0.3 is 126 Å². The van der Waals surface area contributed by atoms with Crippen LogP contribution in [-0.2, 0) is 23.9 Å². The average Bonchev–Trinajstić information content (AvgIpc) is 3.57. The molecule has 2 saturated heterocycles. The molecule has 0 N–H and O–H groups in total. The number of benzene rings is 2. The van der Waals surface area contributed by atoms with Gasteiger partial charge < -0.3 is 9.47 Å². The van der Waals surface area contributed by atoms with E-state index in [-0.39, 0.29) is 0 Å². The van der Waals surface area contributed by atoms with Crippen molar-refractivity contribution in [2.45, 2.75) is 25.7 Å². The summed E-state index contributed by atoms with van der Waals surface area (Å²) in [5.41, 5.74) is 0. The third kappa shape index (κ3) is 6.61. The third-order valence-electron chi connectivity index (χ3n) is 4.07. The van der Waals surface area contributed by atoms with Crippen molar-refractivity contribution in [3.8, 4) is 0 Å². The van der Waals surface area contributed by atoms with Crippen molar-refractivity contribution >= 4 is 9.07 Å². The van der Waals surface area contributed by atoms with Crippen molar-refractivity contribution in [3.63, 3.8) is 0 Å². The second-order valence-electron chi connectivity index (χ2n) is 6.42. The molecule has 2 nitrogen and oxygen atoms in total. The molecule has 2 fully saturated rings. The van der Waals surface area contributed by atoms with Crippen LogP contribution in [0.4, 0.5) is 43.9 Å². The Kier molecular flexibility index (Phi) is 10.4. The number of ether oxygens (including phenoxy) is 2. The van der Waals surface area contributed by atoms with Crippen LogP contribution in [0.15, 0.2) is 0 Å². The molecule has 0 aliphatic carbocycles. The van der Waals surface area contributed by atoms with Crippen LogP contribution < -0.4 is 9.07 Å². The number of halogens is 10. The molecule has 4 rings (SSSR count). The molecular formula is C20H16F10NiO2. The minimum atomic E-state index is -2.54. The second-order valence-corrected chi connectivity index (χ2v) is 7.66. The van der Waals surface area contributed by atoms with E-state index in [1.807, 2.05) is 0 Å². The Bertz CT molecular complexity index is 828. The van der Waals surface area contributed by atoms with Gasteiger partial charge in [0.05, 0.1) is 0 Å². The van der Waals surface area contributed by atoms with E-state index in [1.165, 1.54) is 25.7 Å².